The molecule has 0 fully saturated rings. The summed E-state index contributed by atoms with van der Waals surface area (Å²) < 4.78 is 14.2. The Kier molecular flexibility index (Phi) is 6.28. The number of halogens is 1. The van der Waals surface area contributed by atoms with Gasteiger partial charge in [-0.05, 0) is 33.3 Å². The summed E-state index contributed by atoms with van der Waals surface area (Å²) in [5.41, 5.74) is 3.52. The number of allylic oxidation sites excluding steroid dienone is 1. The van der Waals surface area contributed by atoms with Crippen molar-refractivity contribution in [2.45, 2.75) is 48.0 Å². The van der Waals surface area contributed by atoms with Crippen molar-refractivity contribution < 1.29 is 4.39 Å². The summed E-state index contributed by atoms with van der Waals surface area (Å²) >= 11 is 0. The van der Waals surface area contributed by atoms with Crippen molar-refractivity contribution in [1.29, 1.82) is 0 Å². The molecule has 21 heavy (non-hydrogen) atoms. The molecule has 1 heterocycles. The van der Waals surface area contributed by atoms with E-state index in [1.54, 1.807) is 26.3 Å². The minimum atomic E-state index is -0.201. The second kappa shape index (κ2) is 7.72. The van der Waals surface area contributed by atoms with E-state index in [2.05, 4.69) is 29.0 Å². The van der Waals surface area contributed by atoms with Gasteiger partial charge in [-0.25, -0.2) is 4.39 Å². The molecule has 2 rings (SSSR count). The SMILES string of the molecule is CC=N/C(=C\C)c1c(C)c(F)c(C)c2[nH]ncc12.CCC. The Hall–Kier alpha value is -1.97. The number of aromatic nitrogens is 2. The molecule has 0 saturated carbocycles. The van der Waals surface area contributed by atoms with Crippen LogP contribution in [0.15, 0.2) is 17.3 Å². The van der Waals surface area contributed by atoms with Crippen LogP contribution >= 0.6 is 0 Å². The fourth-order valence-corrected chi connectivity index (χ4v) is 2.22. The molecule has 0 saturated heterocycles. The first-order valence-electron chi connectivity index (χ1n) is 7.30. The van der Waals surface area contributed by atoms with Crippen LogP contribution in [0.1, 0.15) is 50.8 Å². The van der Waals surface area contributed by atoms with Gasteiger partial charge in [0.15, 0.2) is 0 Å². The molecule has 0 aliphatic heterocycles. The highest BCUT2D eigenvalue weighted by Crippen LogP contribution is 2.32. The van der Waals surface area contributed by atoms with Gasteiger partial charge in [0.2, 0.25) is 0 Å². The summed E-state index contributed by atoms with van der Waals surface area (Å²) in [5, 5.41) is 7.77. The van der Waals surface area contributed by atoms with Crippen molar-refractivity contribution in [1.82, 2.24) is 10.2 Å². The molecular formula is C17H24FN3. The summed E-state index contributed by atoms with van der Waals surface area (Å²) in [4.78, 5) is 4.30. The van der Waals surface area contributed by atoms with E-state index in [9.17, 15) is 4.39 Å². The van der Waals surface area contributed by atoms with Gasteiger partial charge in [0.05, 0.1) is 17.4 Å². The number of nitrogens with zero attached hydrogens (tertiary/aromatic N) is 2. The molecule has 0 amide bonds. The number of hydrogen-bond acceptors (Lipinski definition) is 2. The minimum Gasteiger partial charge on any atom is -0.277 e. The first kappa shape index (κ1) is 17.1. The second-order valence-corrected chi connectivity index (χ2v) is 4.87. The van der Waals surface area contributed by atoms with Crippen molar-refractivity contribution in [3.63, 3.8) is 0 Å². The average Bonchev–Trinajstić information content (AvgIpc) is 2.94. The molecule has 1 aromatic carbocycles. The molecule has 0 bridgehead atoms. The molecule has 0 radical (unpaired) electrons. The zero-order chi connectivity index (χ0) is 16.0. The fourth-order valence-electron chi connectivity index (χ4n) is 2.22. The maximum atomic E-state index is 14.2. The van der Waals surface area contributed by atoms with E-state index in [1.165, 1.54) is 6.42 Å². The first-order chi connectivity index (χ1) is 10.0. The normalized spacial score (nSPS) is 11.9. The summed E-state index contributed by atoms with van der Waals surface area (Å²) in [6.45, 7) is 11.5. The lowest BCUT2D eigenvalue weighted by Gasteiger charge is -2.11. The van der Waals surface area contributed by atoms with Crippen molar-refractivity contribution in [3.05, 3.63) is 34.8 Å². The second-order valence-electron chi connectivity index (χ2n) is 4.87. The van der Waals surface area contributed by atoms with Crippen molar-refractivity contribution in [2.75, 3.05) is 0 Å². The summed E-state index contributed by atoms with van der Waals surface area (Å²) in [6, 6.07) is 0. The van der Waals surface area contributed by atoms with E-state index in [0.29, 0.717) is 11.1 Å². The van der Waals surface area contributed by atoms with Crippen LogP contribution in [0, 0.1) is 19.7 Å². The van der Waals surface area contributed by atoms with Crippen LogP contribution in [0.5, 0.6) is 0 Å². The van der Waals surface area contributed by atoms with Gasteiger partial charge in [-0.1, -0.05) is 26.3 Å². The van der Waals surface area contributed by atoms with E-state index in [0.717, 1.165) is 22.2 Å². The lowest BCUT2D eigenvalue weighted by Crippen LogP contribution is -1.97. The van der Waals surface area contributed by atoms with Crippen molar-refractivity contribution in [2.24, 2.45) is 4.99 Å². The topological polar surface area (TPSA) is 41.0 Å². The lowest BCUT2D eigenvalue weighted by molar-refractivity contribution is 0.611. The number of aryl methyl sites for hydroxylation is 1. The van der Waals surface area contributed by atoms with Crippen LogP contribution in [0.25, 0.3) is 16.6 Å². The summed E-state index contributed by atoms with van der Waals surface area (Å²) in [7, 11) is 0. The Bertz CT molecular complexity index is 666. The van der Waals surface area contributed by atoms with Gasteiger partial charge < -0.3 is 0 Å². The fraction of sp³-hybridized carbons (Fsp3) is 0.412. The number of benzene rings is 1. The zero-order valence-corrected chi connectivity index (χ0v) is 13.7. The Morgan fingerprint density at radius 1 is 1.29 bits per heavy atom. The lowest BCUT2D eigenvalue weighted by atomic mass is 9.97. The Morgan fingerprint density at radius 2 is 1.90 bits per heavy atom. The number of aromatic amines is 1. The predicted octanol–water partition coefficient (Wildman–Crippen LogP) is 5.19. The number of fused-ring (bicyclic) bond motifs is 1. The molecule has 0 spiro atoms. The molecule has 4 heteroatoms. The first-order valence-corrected chi connectivity index (χ1v) is 7.30. The van der Waals surface area contributed by atoms with E-state index < -0.39 is 0 Å². The third kappa shape index (κ3) is 3.38. The van der Waals surface area contributed by atoms with E-state index in [1.807, 2.05) is 19.9 Å². The molecule has 0 atom stereocenters. The Balaban J connectivity index is 0.000000677. The number of aliphatic imine (C=N–C) groups is 1. The maximum Gasteiger partial charge on any atom is 0.131 e. The zero-order valence-electron chi connectivity index (χ0n) is 13.7. The van der Waals surface area contributed by atoms with Gasteiger partial charge >= 0.3 is 0 Å². The third-order valence-corrected chi connectivity index (χ3v) is 3.11. The van der Waals surface area contributed by atoms with Gasteiger partial charge in [0.1, 0.15) is 5.82 Å². The number of hydrogen-bond donors (Lipinski definition) is 1. The predicted molar refractivity (Wildman–Crippen MR) is 89.3 cm³/mol. The summed E-state index contributed by atoms with van der Waals surface area (Å²) in [6.07, 6.45) is 6.56. The third-order valence-electron chi connectivity index (χ3n) is 3.11. The summed E-state index contributed by atoms with van der Waals surface area (Å²) in [5.74, 6) is -0.201. The Morgan fingerprint density at radius 3 is 2.43 bits per heavy atom. The largest absolute Gasteiger partial charge is 0.277 e. The average molecular weight is 289 g/mol. The van der Waals surface area contributed by atoms with Gasteiger partial charge in [-0.15, -0.1) is 0 Å². The minimum absolute atomic E-state index is 0.201. The van der Waals surface area contributed by atoms with Crippen molar-refractivity contribution >= 4 is 22.8 Å². The van der Waals surface area contributed by atoms with E-state index in [4.69, 9.17) is 0 Å². The number of H-pyrrole nitrogens is 1. The molecule has 0 aliphatic rings. The van der Waals surface area contributed by atoms with Crippen LogP contribution in [0.4, 0.5) is 4.39 Å². The molecule has 114 valence electrons. The van der Waals surface area contributed by atoms with Crippen LogP contribution in [-0.2, 0) is 0 Å². The monoisotopic (exact) mass is 289 g/mol. The molecule has 0 unspecified atom stereocenters. The molecule has 1 N–H and O–H groups in total. The van der Waals surface area contributed by atoms with Crippen molar-refractivity contribution in [3.8, 4) is 0 Å². The highest BCUT2D eigenvalue weighted by Gasteiger charge is 2.17. The quantitative estimate of drug-likeness (QED) is 0.760. The van der Waals surface area contributed by atoms with Crippen LogP contribution < -0.4 is 0 Å². The van der Waals surface area contributed by atoms with Crippen LogP contribution in [-0.4, -0.2) is 16.4 Å². The molecule has 0 aliphatic carbocycles. The highest BCUT2D eigenvalue weighted by atomic mass is 19.1. The number of nitrogens with one attached hydrogen (secondary N) is 1. The molecular weight excluding hydrogens is 265 g/mol. The smallest absolute Gasteiger partial charge is 0.131 e. The van der Waals surface area contributed by atoms with Gasteiger partial charge in [0.25, 0.3) is 0 Å². The maximum absolute atomic E-state index is 14.2. The van der Waals surface area contributed by atoms with Gasteiger partial charge in [0, 0.05) is 22.7 Å². The van der Waals surface area contributed by atoms with Crippen LogP contribution in [0.3, 0.4) is 0 Å². The Labute approximate surface area is 126 Å². The standard InChI is InChI=1S/C14H16FN3.C3H8/c1-5-11(16-6-2)12-8(3)13(15)9(4)14-10(12)7-17-18-14;1-3-2/h5-7H,1-4H3,(H,17,18);3H2,1-2H3/b11-5-,16-6?;. The van der Waals surface area contributed by atoms with Crippen LogP contribution in [0.2, 0.25) is 0 Å². The molecule has 1 aromatic heterocycles. The van der Waals surface area contributed by atoms with Gasteiger partial charge in [-0.3, -0.25) is 10.1 Å². The molecule has 2 aromatic rings. The number of rotatable bonds is 2. The van der Waals surface area contributed by atoms with E-state index >= 15 is 0 Å². The van der Waals surface area contributed by atoms with Gasteiger partial charge in [-0.2, -0.15) is 5.10 Å². The highest BCUT2D eigenvalue weighted by molar-refractivity contribution is 5.95. The molecule has 3 nitrogen and oxygen atoms in total. The van der Waals surface area contributed by atoms with E-state index in [-0.39, 0.29) is 5.82 Å².